The Kier molecular flexibility index (Phi) is 3.03. The van der Waals surface area contributed by atoms with Crippen LogP contribution in [0.25, 0.3) is 0 Å². The quantitative estimate of drug-likeness (QED) is 0.855. The van der Waals surface area contributed by atoms with Crippen molar-refractivity contribution in [1.82, 2.24) is 0 Å². The molecule has 0 saturated heterocycles. The molecule has 124 valence electrons. The third-order valence-corrected chi connectivity index (χ3v) is 8.66. The molecule has 23 heavy (non-hydrogen) atoms. The van der Waals surface area contributed by atoms with Crippen molar-refractivity contribution in [2.45, 2.75) is 39.5 Å². The molecule has 0 spiro atoms. The average molecular weight is 333 g/mol. The second-order valence-corrected chi connectivity index (χ2v) is 9.77. The Morgan fingerprint density at radius 1 is 1.26 bits per heavy atom. The molecule has 3 aliphatic rings. The Morgan fingerprint density at radius 3 is 2.65 bits per heavy atom. The van der Waals surface area contributed by atoms with E-state index in [4.69, 9.17) is 0 Å². The average Bonchev–Trinajstić information content (AvgIpc) is 3.07. The third-order valence-electron chi connectivity index (χ3n) is 6.75. The molecule has 0 aromatic heterocycles. The molecule has 0 N–H and O–H groups in total. The number of para-hydroxylation sites is 1. The molecule has 0 amide bonds. The topological polar surface area (TPSA) is 54.5 Å². The fraction of sp³-hybridized carbons (Fsp3) is 0.611. The molecule has 1 aliphatic heterocycles. The van der Waals surface area contributed by atoms with Crippen LogP contribution in [0.1, 0.15) is 38.7 Å². The van der Waals surface area contributed by atoms with Crippen molar-refractivity contribution in [3.8, 4) is 0 Å². The summed E-state index contributed by atoms with van der Waals surface area (Å²) in [5.41, 5.74) is 0.973. The van der Waals surface area contributed by atoms with Crippen molar-refractivity contribution in [2.24, 2.45) is 16.7 Å². The lowest BCUT2D eigenvalue weighted by atomic mass is 9.70. The van der Waals surface area contributed by atoms with Crippen LogP contribution < -0.4 is 4.31 Å². The standard InChI is InChI=1S/C18H23NO3S/c1-17(2)14-7-9-18(17,16(20)11-14)12-23(21,22)19-10-8-13-5-3-4-6-15(13)19/h3-6,14H,7-12H2,1-2H3. The molecule has 4 nitrogen and oxygen atoms in total. The van der Waals surface area contributed by atoms with E-state index in [1.807, 2.05) is 24.3 Å². The SMILES string of the molecule is CC1(C)C2CCC1(CS(=O)(=O)N1CCc3ccccc31)C(=O)C2. The van der Waals surface area contributed by atoms with Crippen molar-refractivity contribution in [3.05, 3.63) is 29.8 Å². The Labute approximate surface area is 137 Å². The van der Waals surface area contributed by atoms with Gasteiger partial charge in [0.25, 0.3) is 0 Å². The molecule has 2 aliphatic carbocycles. The molecule has 2 unspecified atom stereocenters. The van der Waals surface area contributed by atoms with Gasteiger partial charge in [0.1, 0.15) is 5.78 Å². The maximum Gasteiger partial charge on any atom is 0.236 e. The van der Waals surface area contributed by atoms with Gasteiger partial charge in [-0.25, -0.2) is 8.42 Å². The van der Waals surface area contributed by atoms with Gasteiger partial charge >= 0.3 is 0 Å². The fourth-order valence-corrected chi connectivity index (χ4v) is 7.40. The molecule has 2 atom stereocenters. The highest BCUT2D eigenvalue weighted by Gasteiger charge is 2.65. The van der Waals surface area contributed by atoms with E-state index in [2.05, 4.69) is 13.8 Å². The molecular weight excluding hydrogens is 310 g/mol. The molecule has 2 bridgehead atoms. The van der Waals surface area contributed by atoms with E-state index in [0.717, 1.165) is 30.5 Å². The van der Waals surface area contributed by atoms with Crippen molar-refractivity contribution < 1.29 is 13.2 Å². The monoisotopic (exact) mass is 333 g/mol. The fourth-order valence-electron chi connectivity index (χ4n) is 5.09. The summed E-state index contributed by atoms with van der Waals surface area (Å²) in [5, 5.41) is 0. The van der Waals surface area contributed by atoms with E-state index in [1.165, 1.54) is 4.31 Å². The van der Waals surface area contributed by atoms with E-state index in [9.17, 15) is 13.2 Å². The summed E-state index contributed by atoms with van der Waals surface area (Å²) in [6.07, 6.45) is 3.00. The first-order valence-electron chi connectivity index (χ1n) is 8.40. The summed E-state index contributed by atoms with van der Waals surface area (Å²) >= 11 is 0. The van der Waals surface area contributed by atoms with Crippen LogP contribution in [0.4, 0.5) is 5.69 Å². The van der Waals surface area contributed by atoms with Crippen molar-refractivity contribution in [1.29, 1.82) is 0 Å². The number of benzene rings is 1. The highest BCUT2D eigenvalue weighted by molar-refractivity contribution is 7.92. The molecule has 2 saturated carbocycles. The van der Waals surface area contributed by atoms with Crippen LogP contribution in [-0.4, -0.2) is 26.5 Å². The molecule has 1 aromatic rings. The molecule has 5 heteroatoms. The van der Waals surface area contributed by atoms with E-state index >= 15 is 0 Å². The van der Waals surface area contributed by atoms with Crippen LogP contribution in [0.3, 0.4) is 0 Å². The number of carbonyl (C=O) groups excluding carboxylic acids is 1. The zero-order chi connectivity index (χ0) is 16.5. The molecule has 0 radical (unpaired) electrons. The van der Waals surface area contributed by atoms with E-state index in [-0.39, 0.29) is 17.0 Å². The number of hydrogen-bond donors (Lipinski definition) is 0. The Balaban J connectivity index is 1.71. The summed E-state index contributed by atoms with van der Waals surface area (Å²) in [6, 6.07) is 7.68. The smallest absolute Gasteiger partial charge is 0.236 e. The molecular formula is C18H23NO3S. The first kappa shape index (κ1) is 15.2. The molecule has 1 aromatic carbocycles. The highest BCUT2D eigenvalue weighted by atomic mass is 32.2. The van der Waals surface area contributed by atoms with Crippen LogP contribution >= 0.6 is 0 Å². The summed E-state index contributed by atoms with van der Waals surface area (Å²) in [4.78, 5) is 12.6. The number of fused-ring (bicyclic) bond motifs is 3. The zero-order valence-electron chi connectivity index (χ0n) is 13.7. The van der Waals surface area contributed by atoms with E-state index < -0.39 is 15.4 Å². The van der Waals surface area contributed by atoms with Crippen LogP contribution in [0, 0.1) is 16.7 Å². The predicted molar refractivity (Wildman–Crippen MR) is 89.8 cm³/mol. The Hall–Kier alpha value is -1.36. The maximum atomic E-state index is 13.1. The number of Topliss-reactive ketones (excluding diaryl/α,β-unsaturated/α-hetero) is 1. The molecule has 4 rings (SSSR count). The van der Waals surface area contributed by atoms with Gasteiger partial charge in [-0.05, 0) is 42.2 Å². The highest BCUT2D eigenvalue weighted by Crippen LogP contribution is 2.64. The van der Waals surface area contributed by atoms with Crippen LogP contribution in [0.2, 0.25) is 0 Å². The lowest BCUT2D eigenvalue weighted by Crippen LogP contribution is -2.46. The second kappa shape index (κ2) is 4.59. The van der Waals surface area contributed by atoms with Gasteiger partial charge in [0.05, 0.1) is 16.9 Å². The zero-order valence-corrected chi connectivity index (χ0v) is 14.5. The third kappa shape index (κ3) is 1.89. The number of hydrogen-bond acceptors (Lipinski definition) is 3. The molecule has 2 fully saturated rings. The Bertz CT molecular complexity index is 783. The van der Waals surface area contributed by atoms with Crippen LogP contribution in [-0.2, 0) is 21.2 Å². The van der Waals surface area contributed by atoms with E-state index in [0.29, 0.717) is 18.9 Å². The minimum absolute atomic E-state index is 0.0311. The number of ketones is 1. The number of carbonyl (C=O) groups is 1. The maximum absolute atomic E-state index is 13.1. The first-order chi connectivity index (χ1) is 10.8. The summed E-state index contributed by atoms with van der Waals surface area (Å²) < 4.78 is 27.8. The van der Waals surface area contributed by atoms with Gasteiger partial charge < -0.3 is 0 Å². The second-order valence-electron chi connectivity index (χ2n) is 7.87. The number of anilines is 1. The predicted octanol–water partition coefficient (Wildman–Crippen LogP) is 2.77. The van der Waals surface area contributed by atoms with Gasteiger partial charge in [-0.3, -0.25) is 9.10 Å². The van der Waals surface area contributed by atoms with Crippen molar-refractivity contribution in [2.75, 3.05) is 16.6 Å². The Morgan fingerprint density at radius 2 is 2.00 bits per heavy atom. The number of rotatable bonds is 3. The van der Waals surface area contributed by atoms with Gasteiger partial charge in [0.2, 0.25) is 10.0 Å². The van der Waals surface area contributed by atoms with Crippen LogP contribution in [0.15, 0.2) is 24.3 Å². The lowest BCUT2D eigenvalue weighted by molar-refractivity contribution is -0.128. The van der Waals surface area contributed by atoms with Gasteiger partial charge in [-0.2, -0.15) is 0 Å². The largest absolute Gasteiger partial charge is 0.299 e. The molecule has 1 heterocycles. The van der Waals surface area contributed by atoms with Crippen molar-refractivity contribution in [3.63, 3.8) is 0 Å². The van der Waals surface area contributed by atoms with E-state index in [1.54, 1.807) is 0 Å². The summed E-state index contributed by atoms with van der Waals surface area (Å²) in [5.74, 6) is 0.474. The minimum atomic E-state index is -3.49. The van der Waals surface area contributed by atoms with Gasteiger partial charge in [-0.1, -0.05) is 32.0 Å². The number of sulfonamides is 1. The summed E-state index contributed by atoms with van der Waals surface area (Å²) in [7, 11) is -3.49. The summed E-state index contributed by atoms with van der Waals surface area (Å²) in [6.45, 7) is 4.67. The van der Waals surface area contributed by atoms with Gasteiger partial charge in [-0.15, -0.1) is 0 Å². The number of nitrogens with zero attached hydrogens (tertiary/aromatic N) is 1. The minimum Gasteiger partial charge on any atom is -0.299 e. The lowest BCUT2D eigenvalue weighted by Gasteiger charge is -2.37. The van der Waals surface area contributed by atoms with Gasteiger partial charge in [0, 0.05) is 13.0 Å². The first-order valence-corrected chi connectivity index (χ1v) is 10.0. The normalized spacial score (nSPS) is 31.7. The van der Waals surface area contributed by atoms with Gasteiger partial charge in [0.15, 0.2) is 0 Å². The van der Waals surface area contributed by atoms with Crippen molar-refractivity contribution >= 4 is 21.5 Å². The van der Waals surface area contributed by atoms with Crippen LogP contribution in [0.5, 0.6) is 0 Å².